The van der Waals surface area contributed by atoms with Gasteiger partial charge in [0.1, 0.15) is 23.1 Å². The first-order chi connectivity index (χ1) is 12.7. The van der Waals surface area contributed by atoms with Crippen LogP contribution in [0.5, 0.6) is 17.2 Å². The largest absolute Gasteiger partial charge is 0.482 e. The van der Waals surface area contributed by atoms with E-state index in [0.29, 0.717) is 23.8 Å². The number of pyridine rings is 1. The molecule has 0 fully saturated rings. The minimum Gasteiger partial charge on any atom is -0.482 e. The summed E-state index contributed by atoms with van der Waals surface area (Å²) in [6.07, 6.45) is 3.18. The maximum absolute atomic E-state index is 12.9. The highest BCUT2D eigenvalue weighted by Gasteiger charge is 2.04. The van der Waals surface area contributed by atoms with Gasteiger partial charge in [0.05, 0.1) is 6.20 Å². The molecule has 1 N–H and O–H groups in total. The molecule has 0 radical (unpaired) electrons. The Morgan fingerprint density at radius 2 is 1.81 bits per heavy atom. The van der Waals surface area contributed by atoms with Crippen LogP contribution in [0.15, 0.2) is 73.1 Å². The number of hydrogen-bond acceptors (Lipinski definition) is 4. The number of nitrogens with zero attached hydrogens (tertiary/aromatic N) is 1. The lowest BCUT2D eigenvalue weighted by atomic mass is 10.2. The molecular weight excluding hydrogens is 335 g/mol. The van der Waals surface area contributed by atoms with Crippen LogP contribution in [0.1, 0.15) is 5.56 Å². The molecule has 5 nitrogen and oxygen atoms in total. The van der Waals surface area contributed by atoms with Gasteiger partial charge < -0.3 is 14.8 Å². The number of hydrogen-bond donors (Lipinski definition) is 1. The van der Waals surface area contributed by atoms with E-state index in [2.05, 4.69) is 10.3 Å². The summed E-state index contributed by atoms with van der Waals surface area (Å²) in [4.78, 5) is 15.8. The average molecular weight is 352 g/mol. The number of amides is 1. The molecule has 1 aromatic heterocycles. The molecule has 2 aromatic carbocycles. The highest BCUT2D eigenvalue weighted by molar-refractivity contribution is 5.77. The van der Waals surface area contributed by atoms with E-state index in [1.165, 1.54) is 12.1 Å². The van der Waals surface area contributed by atoms with Gasteiger partial charge in [-0.15, -0.1) is 0 Å². The second-order valence-corrected chi connectivity index (χ2v) is 5.46. The van der Waals surface area contributed by atoms with Gasteiger partial charge in [-0.25, -0.2) is 4.39 Å². The topological polar surface area (TPSA) is 60.5 Å². The van der Waals surface area contributed by atoms with Crippen LogP contribution in [0.2, 0.25) is 0 Å². The highest BCUT2D eigenvalue weighted by atomic mass is 19.1. The zero-order valence-corrected chi connectivity index (χ0v) is 13.9. The van der Waals surface area contributed by atoms with Crippen molar-refractivity contribution >= 4 is 5.91 Å². The van der Waals surface area contributed by atoms with Crippen LogP contribution in [-0.4, -0.2) is 17.5 Å². The van der Waals surface area contributed by atoms with Crippen molar-refractivity contribution in [3.8, 4) is 17.2 Å². The molecule has 0 saturated carbocycles. The van der Waals surface area contributed by atoms with Gasteiger partial charge in [0, 0.05) is 12.7 Å². The van der Waals surface area contributed by atoms with Gasteiger partial charge in [0.15, 0.2) is 6.61 Å². The Morgan fingerprint density at radius 1 is 1.00 bits per heavy atom. The Morgan fingerprint density at radius 3 is 2.58 bits per heavy atom. The Bertz CT molecular complexity index is 854. The summed E-state index contributed by atoms with van der Waals surface area (Å²) in [5, 5.41) is 2.78. The Balaban J connectivity index is 1.50. The fourth-order valence-corrected chi connectivity index (χ4v) is 2.19. The van der Waals surface area contributed by atoms with Gasteiger partial charge in [-0.3, -0.25) is 9.78 Å². The Hall–Kier alpha value is -3.41. The molecule has 0 bridgehead atoms. The summed E-state index contributed by atoms with van der Waals surface area (Å²) in [6.45, 7) is 0.257. The highest BCUT2D eigenvalue weighted by Crippen LogP contribution is 2.22. The first-order valence-electron chi connectivity index (χ1n) is 8.01. The van der Waals surface area contributed by atoms with Crippen molar-refractivity contribution in [1.82, 2.24) is 10.3 Å². The molecule has 1 heterocycles. The lowest BCUT2D eigenvalue weighted by Gasteiger charge is -2.09. The Labute approximate surface area is 150 Å². The SMILES string of the molecule is O=C(COc1cccnc1)NCc1cccc(Oc2ccc(F)cc2)c1. The van der Waals surface area contributed by atoms with Crippen molar-refractivity contribution in [3.05, 3.63) is 84.4 Å². The van der Waals surface area contributed by atoms with Crippen molar-refractivity contribution in [2.24, 2.45) is 0 Å². The van der Waals surface area contributed by atoms with Gasteiger partial charge in [-0.1, -0.05) is 12.1 Å². The number of aromatic nitrogens is 1. The second-order valence-electron chi connectivity index (χ2n) is 5.46. The maximum Gasteiger partial charge on any atom is 0.258 e. The summed E-state index contributed by atoms with van der Waals surface area (Å²) in [6, 6.07) is 16.6. The van der Waals surface area contributed by atoms with Crippen LogP contribution in [0.25, 0.3) is 0 Å². The molecule has 3 rings (SSSR count). The third-order valence-corrected chi connectivity index (χ3v) is 3.44. The lowest BCUT2D eigenvalue weighted by molar-refractivity contribution is -0.123. The monoisotopic (exact) mass is 352 g/mol. The minimum atomic E-state index is -0.317. The molecule has 6 heteroatoms. The number of carbonyl (C=O) groups excluding carboxylic acids is 1. The number of rotatable bonds is 7. The van der Waals surface area contributed by atoms with Crippen LogP contribution < -0.4 is 14.8 Å². The normalized spacial score (nSPS) is 10.2. The molecule has 1 amide bonds. The molecule has 3 aromatic rings. The summed E-state index contributed by atoms with van der Waals surface area (Å²) >= 11 is 0. The van der Waals surface area contributed by atoms with E-state index >= 15 is 0 Å². The van der Waals surface area contributed by atoms with Gasteiger partial charge in [-0.05, 0) is 54.1 Å². The minimum absolute atomic E-state index is 0.0858. The van der Waals surface area contributed by atoms with Gasteiger partial charge >= 0.3 is 0 Å². The summed E-state index contributed by atoms with van der Waals surface area (Å²) in [5.74, 6) is 1.13. The van der Waals surface area contributed by atoms with E-state index in [1.807, 2.05) is 18.2 Å². The van der Waals surface area contributed by atoms with Crippen LogP contribution in [0, 0.1) is 5.82 Å². The summed E-state index contributed by atoms with van der Waals surface area (Å²) in [5.41, 5.74) is 0.874. The van der Waals surface area contributed by atoms with Crippen LogP contribution >= 0.6 is 0 Å². The quantitative estimate of drug-likeness (QED) is 0.704. The van der Waals surface area contributed by atoms with E-state index in [4.69, 9.17) is 9.47 Å². The molecule has 0 unspecified atom stereocenters. The van der Waals surface area contributed by atoms with E-state index in [9.17, 15) is 9.18 Å². The third-order valence-electron chi connectivity index (χ3n) is 3.44. The summed E-state index contributed by atoms with van der Waals surface area (Å²) in [7, 11) is 0. The van der Waals surface area contributed by atoms with Crippen molar-refractivity contribution < 1.29 is 18.7 Å². The first-order valence-corrected chi connectivity index (χ1v) is 8.01. The van der Waals surface area contributed by atoms with Gasteiger partial charge in [0.25, 0.3) is 5.91 Å². The lowest BCUT2D eigenvalue weighted by Crippen LogP contribution is -2.28. The molecular formula is C20H17FN2O3. The van der Waals surface area contributed by atoms with Crippen LogP contribution in [-0.2, 0) is 11.3 Å². The van der Waals surface area contributed by atoms with Crippen molar-refractivity contribution in [3.63, 3.8) is 0 Å². The standard InChI is InChI=1S/C20H17FN2O3/c21-16-6-8-17(9-7-16)26-18-4-1-3-15(11-18)12-23-20(24)14-25-19-5-2-10-22-13-19/h1-11,13H,12,14H2,(H,23,24). The van der Waals surface area contributed by atoms with Crippen LogP contribution in [0.3, 0.4) is 0 Å². The molecule has 0 aliphatic carbocycles. The molecule has 0 aliphatic heterocycles. The second kappa shape index (κ2) is 8.62. The van der Waals surface area contributed by atoms with Crippen molar-refractivity contribution in [1.29, 1.82) is 0 Å². The molecule has 0 atom stereocenters. The first kappa shape index (κ1) is 17.4. The molecule has 132 valence electrons. The fraction of sp³-hybridized carbons (Fsp3) is 0.100. The fourth-order valence-electron chi connectivity index (χ4n) is 2.19. The number of halogens is 1. The van der Waals surface area contributed by atoms with Gasteiger partial charge in [0.2, 0.25) is 0 Å². The summed E-state index contributed by atoms with van der Waals surface area (Å²) < 4.78 is 23.9. The number of ether oxygens (including phenoxy) is 2. The predicted octanol–water partition coefficient (Wildman–Crippen LogP) is 3.71. The number of nitrogens with one attached hydrogen (secondary N) is 1. The van der Waals surface area contributed by atoms with E-state index in [0.717, 1.165) is 5.56 Å². The third kappa shape index (κ3) is 5.31. The number of carbonyl (C=O) groups is 1. The van der Waals surface area contributed by atoms with Crippen LogP contribution in [0.4, 0.5) is 4.39 Å². The Kier molecular flexibility index (Phi) is 5.77. The van der Waals surface area contributed by atoms with Crippen molar-refractivity contribution in [2.75, 3.05) is 6.61 Å². The molecule has 26 heavy (non-hydrogen) atoms. The average Bonchev–Trinajstić information content (AvgIpc) is 2.68. The smallest absolute Gasteiger partial charge is 0.258 e. The predicted molar refractivity (Wildman–Crippen MR) is 94.5 cm³/mol. The van der Waals surface area contributed by atoms with Crippen molar-refractivity contribution in [2.45, 2.75) is 6.54 Å². The zero-order chi connectivity index (χ0) is 18.2. The maximum atomic E-state index is 12.9. The van der Waals surface area contributed by atoms with Gasteiger partial charge in [-0.2, -0.15) is 0 Å². The van der Waals surface area contributed by atoms with E-state index in [1.54, 1.807) is 42.7 Å². The van der Waals surface area contributed by atoms with E-state index in [-0.39, 0.29) is 18.3 Å². The number of benzene rings is 2. The molecule has 0 saturated heterocycles. The molecule has 0 aliphatic rings. The zero-order valence-electron chi connectivity index (χ0n) is 13.9. The molecule has 0 spiro atoms. The van der Waals surface area contributed by atoms with E-state index < -0.39 is 0 Å².